The average molecular weight is 191 g/mol. The molecule has 1 fully saturated rings. The van der Waals surface area contributed by atoms with E-state index in [0.717, 1.165) is 12.2 Å². The number of rotatable bonds is 3. The lowest BCUT2D eigenvalue weighted by atomic mass is 10.1. The minimum atomic E-state index is 0.234. The first-order valence-corrected chi connectivity index (χ1v) is 5.19. The first-order valence-electron chi connectivity index (χ1n) is 5.19. The van der Waals surface area contributed by atoms with Crippen LogP contribution in [0.5, 0.6) is 5.75 Å². The van der Waals surface area contributed by atoms with Crippen molar-refractivity contribution >= 4 is 0 Å². The van der Waals surface area contributed by atoms with E-state index in [-0.39, 0.29) is 6.10 Å². The molecule has 0 aliphatic heterocycles. The molecule has 1 aliphatic carbocycles. The van der Waals surface area contributed by atoms with E-state index < -0.39 is 0 Å². The Kier molecular flexibility index (Phi) is 2.46. The summed E-state index contributed by atoms with van der Waals surface area (Å²) < 4.78 is 5.63. The third-order valence-corrected chi connectivity index (χ3v) is 2.50. The van der Waals surface area contributed by atoms with Crippen molar-refractivity contribution in [3.8, 4) is 5.75 Å². The van der Waals surface area contributed by atoms with Gasteiger partial charge in [0.15, 0.2) is 0 Å². The van der Waals surface area contributed by atoms with E-state index >= 15 is 0 Å². The molecule has 0 aromatic heterocycles. The monoisotopic (exact) mass is 191 g/mol. The molecule has 0 saturated heterocycles. The summed E-state index contributed by atoms with van der Waals surface area (Å²) in [6.45, 7) is 4.07. The molecule has 2 atom stereocenters. The first kappa shape index (κ1) is 9.53. The van der Waals surface area contributed by atoms with Crippen molar-refractivity contribution in [3.63, 3.8) is 0 Å². The van der Waals surface area contributed by atoms with Crippen LogP contribution in [-0.4, -0.2) is 12.1 Å². The number of hydrogen-bond acceptors (Lipinski definition) is 2. The fourth-order valence-electron chi connectivity index (χ4n) is 1.69. The molecule has 2 unspecified atom stereocenters. The fraction of sp³-hybridized carbons (Fsp3) is 0.500. The van der Waals surface area contributed by atoms with Crippen molar-refractivity contribution < 1.29 is 4.74 Å². The number of hydrogen-bond donors (Lipinski definition) is 1. The highest BCUT2D eigenvalue weighted by Crippen LogP contribution is 2.39. The molecule has 0 spiro atoms. The van der Waals surface area contributed by atoms with Gasteiger partial charge in [0.25, 0.3) is 0 Å². The first-order chi connectivity index (χ1) is 6.66. The second-order valence-corrected chi connectivity index (χ2v) is 4.25. The largest absolute Gasteiger partial charge is 0.491 e. The van der Waals surface area contributed by atoms with Crippen molar-refractivity contribution in [2.75, 3.05) is 0 Å². The van der Waals surface area contributed by atoms with E-state index in [1.54, 1.807) is 0 Å². The van der Waals surface area contributed by atoms with Gasteiger partial charge in [0, 0.05) is 12.0 Å². The van der Waals surface area contributed by atoms with Crippen molar-refractivity contribution in [3.05, 3.63) is 29.8 Å². The predicted molar refractivity (Wildman–Crippen MR) is 57.5 cm³/mol. The van der Waals surface area contributed by atoms with Crippen LogP contribution in [0.1, 0.15) is 31.7 Å². The summed E-state index contributed by atoms with van der Waals surface area (Å²) in [6, 6.07) is 8.64. The van der Waals surface area contributed by atoms with Gasteiger partial charge in [-0.1, -0.05) is 12.1 Å². The molecule has 76 valence electrons. The van der Waals surface area contributed by atoms with Gasteiger partial charge in [-0.2, -0.15) is 0 Å². The van der Waals surface area contributed by atoms with Crippen LogP contribution in [0.2, 0.25) is 0 Å². The van der Waals surface area contributed by atoms with Crippen LogP contribution in [-0.2, 0) is 0 Å². The molecule has 1 aliphatic rings. The Morgan fingerprint density at radius 3 is 2.71 bits per heavy atom. The van der Waals surface area contributed by atoms with Crippen LogP contribution in [0.4, 0.5) is 0 Å². The van der Waals surface area contributed by atoms with Gasteiger partial charge in [-0.15, -0.1) is 0 Å². The zero-order valence-corrected chi connectivity index (χ0v) is 8.73. The second kappa shape index (κ2) is 3.62. The Bertz CT molecular complexity index is 322. The highest BCUT2D eigenvalue weighted by Gasteiger charge is 2.34. The van der Waals surface area contributed by atoms with Crippen LogP contribution in [0.3, 0.4) is 0 Å². The molecule has 0 heterocycles. The Morgan fingerprint density at radius 1 is 1.43 bits per heavy atom. The van der Waals surface area contributed by atoms with Crippen molar-refractivity contribution in [1.29, 1.82) is 0 Å². The zero-order chi connectivity index (χ0) is 10.1. The molecule has 2 nitrogen and oxygen atoms in total. The van der Waals surface area contributed by atoms with Gasteiger partial charge >= 0.3 is 0 Å². The topological polar surface area (TPSA) is 35.2 Å². The normalized spacial score (nSPS) is 25.1. The summed E-state index contributed by atoms with van der Waals surface area (Å²) in [7, 11) is 0. The lowest BCUT2D eigenvalue weighted by Crippen LogP contribution is -2.06. The minimum absolute atomic E-state index is 0.234. The Morgan fingerprint density at radius 2 is 2.14 bits per heavy atom. The molecule has 2 rings (SSSR count). The maximum Gasteiger partial charge on any atom is 0.119 e. The van der Waals surface area contributed by atoms with E-state index in [2.05, 4.69) is 12.1 Å². The molecule has 2 heteroatoms. The average Bonchev–Trinajstić information content (AvgIpc) is 2.82. The van der Waals surface area contributed by atoms with Crippen molar-refractivity contribution in [2.45, 2.75) is 38.3 Å². The summed E-state index contributed by atoms with van der Waals surface area (Å²) in [5, 5.41) is 0. The fourth-order valence-corrected chi connectivity index (χ4v) is 1.69. The smallest absolute Gasteiger partial charge is 0.119 e. The van der Waals surface area contributed by atoms with Crippen molar-refractivity contribution in [2.24, 2.45) is 5.73 Å². The highest BCUT2D eigenvalue weighted by molar-refractivity contribution is 5.35. The molecule has 1 aromatic carbocycles. The molecule has 1 saturated carbocycles. The van der Waals surface area contributed by atoms with E-state index in [4.69, 9.17) is 10.5 Å². The maximum absolute atomic E-state index is 5.81. The van der Waals surface area contributed by atoms with Crippen molar-refractivity contribution in [1.82, 2.24) is 0 Å². The number of nitrogens with two attached hydrogens (primary N) is 1. The molecular formula is C12H17NO. The minimum Gasteiger partial charge on any atom is -0.491 e. The summed E-state index contributed by atoms with van der Waals surface area (Å²) in [6.07, 6.45) is 1.35. The summed E-state index contributed by atoms with van der Waals surface area (Å²) in [5.74, 6) is 1.52. The molecule has 1 aromatic rings. The molecular weight excluding hydrogens is 174 g/mol. The molecule has 0 radical (unpaired) electrons. The molecule has 0 amide bonds. The summed E-state index contributed by atoms with van der Waals surface area (Å²) >= 11 is 0. The highest BCUT2D eigenvalue weighted by atomic mass is 16.5. The maximum atomic E-state index is 5.81. The predicted octanol–water partition coefficient (Wildman–Crippen LogP) is 2.29. The lowest BCUT2D eigenvalue weighted by molar-refractivity contribution is 0.242. The van der Waals surface area contributed by atoms with Crippen LogP contribution in [0.15, 0.2) is 24.3 Å². The van der Waals surface area contributed by atoms with E-state index in [9.17, 15) is 0 Å². The van der Waals surface area contributed by atoms with Gasteiger partial charge in [0.05, 0.1) is 6.10 Å². The molecule has 14 heavy (non-hydrogen) atoms. The molecule has 2 N–H and O–H groups in total. The van der Waals surface area contributed by atoms with E-state index in [0.29, 0.717) is 12.0 Å². The zero-order valence-electron chi connectivity index (χ0n) is 8.73. The van der Waals surface area contributed by atoms with Gasteiger partial charge < -0.3 is 10.5 Å². The van der Waals surface area contributed by atoms with E-state index in [1.165, 1.54) is 5.56 Å². The second-order valence-electron chi connectivity index (χ2n) is 4.25. The summed E-state index contributed by atoms with van der Waals surface area (Å²) in [4.78, 5) is 0. The summed E-state index contributed by atoms with van der Waals surface area (Å²) in [5.41, 5.74) is 7.12. The third-order valence-electron chi connectivity index (χ3n) is 2.50. The van der Waals surface area contributed by atoms with Gasteiger partial charge in [-0.05, 0) is 38.0 Å². The van der Waals surface area contributed by atoms with Gasteiger partial charge in [-0.3, -0.25) is 0 Å². The SMILES string of the molecule is CC(C)Oc1cccc(C2CC2N)c1. The van der Waals surface area contributed by atoms with Gasteiger partial charge in [-0.25, -0.2) is 0 Å². The Balaban J connectivity index is 2.11. The Labute approximate surface area is 85.1 Å². The van der Waals surface area contributed by atoms with Gasteiger partial charge in [0.1, 0.15) is 5.75 Å². The third kappa shape index (κ3) is 2.07. The lowest BCUT2D eigenvalue weighted by Gasteiger charge is -2.10. The van der Waals surface area contributed by atoms with Crippen LogP contribution in [0, 0.1) is 0 Å². The van der Waals surface area contributed by atoms with Crippen LogP contribution >= 0.6 is 0 Å². The Hall–Kier alpha value is -1.02. The molecule has 0 bridgehead atoms. The number of ether oxygens (including phenoxy) is 1. The van der Waals surface area contributed by atoms with E-state index in [1.807, 2.05) is 26.0 Å². The van der Waals surface area contributed by atoms with Gasteiger partial charge in [0.2, 0.25) is 0 Å². The van der Waals surface area contributed by atoms with Crippen LogP contribution in [0.25, 0.3) is 0 Å². The number of benzene rings is 1. The van der Waals surface area contributed by atoms with Crippen LogP contribution < -0.4 is 10.5 Å². The quantitative estimate of drug-likeness (QED) is 0.795. The standard InChI is InChI=1S/C12H17NO/c1-8(2)14-10-5-3-4-9(6-10)11-7-12(11)13/h3-6,8,11-12H,7,13H2,1-2H3.